The first-order valence-corrected chi connectivity index (χ1v) is 28.5. The van der Waals surface area contributed by atoms with Crippen LogP contribution in [0.25, 0.3) is 0 Å². The van der Waals surface area contributed by atoms with Crippen LogP contribution in [0.3, 0.4) is 0 Å². The van der Waals surface area contributed by atoms with Crippen molar-refractivity contribution in [2.75, 3.05) is 0 Å². The van der Waals surface area contributed by atoms with Gasteiger partial charge in [-0.15, -0.1) is 0 Å². The highest BCUT2D eigenvalue weighted by Crippen LogP contribution is 2.35. The standard InChI is InChI=1S/C28H54Si5/c1-18-19(2)21(4)23(20(18)3)29-24-25(30(6,7)8)22(5)26(31(9,10)11)28(33(15,16)17)27(24)32(12,13)14/h20H,29H2,1-17H3. The van der Waals surface area contributed by atoms with Gasteiger partial charge in [0.05, 0.1) is 41.8 Å². The molecule has 5 heteroatoms. The van der Waals surface area contributed by atoms with E-state index >= 15 is 0 Å². The summed E-state index contributed by atoms with van der Waals surface area (Å²) in [6.07, 6.45) is 0. The molecule has 0 saturated carbocycles. The minimum absolute atomic E-state index is 0.526. The number of hydrogen-bond acceptors (Lipinski definition) is 0. The predicted octanol–water partition coefficient (Wildman–Crippen LogP) is 5.23. The van der Waals surface area contributed by atoms with Crippen molar-refractivity contribution in [2.24, 2.45) is 5.92 Å². The van der Waals surface area contributed by atoms with E-state index in [-0.39, 0.29) is 0 Å². The summed E-state index contributed by atoms with van der Waals surface area (Å²) in [6.45, 7) is 43.8. The molecular formula is C28H54Si5. The van der Waals surface area contributed by atoms with Gasteiger partial charge in [0.1, 0.15) is 0 Å². The fourth-order valence-corrected chi connectivity index (χ4v) is 25.8. The maximum Gasteiger partial charge on any atom is 0.0832 e. The molecule has 1 aliphatic rings. The van der Waals surface area contributed by atoms with Gasteiger partial charge in [-0.3, -0.25) is 0 Å². The number of allylic oxidation sites excluding steroid dienone is 4. The lowest BCUT2D eigenvalue weighted by Gasteiger charge is -2.42. The molecule has 33 heavy (non-hydrogen) atoms. The van der Waals surface area contributed by atoms with Crippen LogP contribution in [0.15, 0.2) is 21.9 Å². The SMILES string of the molecule is CC1=C(C)C(C)C([SiH2]c2c([Si](C)(C)C)c(C)c([Si](C)(C)C)c([Si](C)(C)C)c2[Si](C)(C)C)=C1C. The van der Waals surface area contributed by atoms with E-state index in [4.69, 9.17) is 0 Å². The average molecular weight is 531 g/mol. The van der Waals surface area contributed by atoms with Crippen LogP contribution in [0.1, 0.15) is 33.3 Å². The van der Waals surface area contributed by atoms with E-state index < -0.39 is 41.8 Å². The molecule has 0 bridgehead atoms. The number of rotatable bonds is 6. The predicted molar refractivity (Wildman–Crippen MR) is 172 cm³/mol. The van der Waals surface area contributed by atoms with Crippen LogP contribution in [0.5, 0.6) is 0 Å². The summed E-state index contributed by atoms with van der Waals surface area (Å²) < 4.78 is 0. The fourth-order valence-electron chi connectivity index (χ4n) is 6.57. The summed E-state index contributed by atoms with van der Waals surface area (Å²) in [4.78, 5) is 0. The highest BCUT2D eigenvalue weighted by molar-refractivity contribution is 7.07. The van der Waals surface area contributed by atoms with Crippen molar-refractivity contribution in [3.8, 4) is 0 Å². The zero-order valence-electron chi connectivity index (χ0n) is 25.3. The summed E-state index contributed by atoms with van der Waals surface area (Å²) in [5, 5.41) is 11.3. The van der Waals surface area contributed by atoms with Gasteiger partial charge in [0.2, 0.25) is 0 Å². The molecule has 1 aliphatic carbocycles. The molecule has 0 spiro atoms. The molecule has 1 unspecified atom stereocenters. The summed E-state index contributed by atoms with van der Waals surface area (Å²) in [6, 6.07) is 0. The van der Waals surface area contributed by atoms with Gasteiger partial charge >= 0.3 is 0 Å². The third-order valence-corrected chi connectivity index (χ3v) is 20.2. The smallest absolute Gasteiger partial charge is 0.0728 e. The first-order valence-electron chi connectivity index (χ1n) is 13.1. The molecule has 1 aromatic rings. The zero-order chi connectivity index (χ0) is 26.1. The first kappa shape index (κ1) is 29.0. The molecular weight excluding hydrogens is 477 g/mol. The fraction of sp³-hybridized carbons (Fsp3) is 0.643. The minimum atomic E-state index is -1.55. The van der Waals surface area contributed by atoms with Crippen LogP contribution in [-0.4, -0.2) is 41.8 Å². The summed E-state index contributed by atoms with van der Waals surface area (Å²) in [5.41, 5.74) is 6.58. The van der Waals surface area contributed by atoms with Crippen LogP contribution in [-0.2, 0) is 0 Å². The summed E-state index contributed by atoms with van der Waals surface area (Å²) in [5.74, 6) is 0.646. The molecule has 186 valence electrons. The van der Waals surface area contributed by atoms with Crippen molar-refractivity contribution in [1.82, 2.24) is 0 Å². The molecule has 1 atom stereocenters. The number of hydrogen-bond donors (Lipinski definition) is 0. The topological polar surface area (TPSA) is 0 Å². The molecule has 0 saturated heterocycles. The Morgan fingerprint density at radius 3 is 1.21 bits per heavy atom. The van der Waals surface area contributed by atoms with E-state index in [9.17, 15) is 0 Å². The third kappa shape index (κ3) is 5.47. The summed E-state index contributed by atoms with van der Waals surface area (Å²) >= 11 is 0. The Kier molecular flexibility index (Phi) is 7.93. The Balaban J connectivity index is 3.17. The normalized spacial score (nSPS) is 19.0. The van der Waals surface area contributed by atoms with Crippen molar-refractivity contribution in [2.45, 2.75) is 113 Å². The Labute approximate surface area is 213 Å². The highest BCUT2D eigenvalue weighted by Gasteiger charge is 2.41. The molecule has 1 aromatic carbocycles. The Hall–Kier alpha value is -0.216. The van der Waals surface area contributed by atoms with Crippen molar-refractivity contribution in [3.05, 3.63) is 27.5 Å². The van der Waals surface area contributed by atoms with Crippen LogP contribution in [0.2, 0.25) is 78.6 Å². The van der Waals surface area contributed by atoms with Gasteiger partial charge in [0.25, 0.3) is 0 Å². The lowest BCUT2D eigenvalue weighted by molar-refractivity contribution is 0.856. The first-order chi connectivity index (χ1) is 14.5. The van der Waals surface area contributed by atoms with E-state index in [0.29, 0.717) is 5.92 Å². The lowest BCUT2D eigenvalue weighted by Crippen LogP contribution is -2.76. The van der Waals surface area contributed by atoms with Crippen LogP contribution in [0, 0.1) is 12.8 Å². The van der Waals surface area contributed by atoms with Crippen LogP contribution >= 0.6 is 0 Å². The van der Waals surface area contributed by atoms with Gasteiger partial charge in [-0.25, -0.2) is 0 Å². The van der Waals surface area contributed by atoms with Crippen LogP contribution in [0.4, 0.5) is 0 Å². The largest absolute Gasteiger partial charge is 0.0832 e. The molecule has 0 radical (unpaired) electrons. The van der Waals surface area contributed by atoms with Crippen molar-refractivity contribution >= 4 is 67.7 Å². The van der Waals surface area contributed by atoms with E-state index in [0.717, 1.165) is 0 Å². The van der Waals surface area contributed by atoms with Gasteiger partial charge in [-0.2, -0.15) is 0 Å². The third-order valence-electron chi connectivity index (χ3n) is 8.03. The van der Waals surface area contributed by atoms with Gasteiger partial charge in [0.15, 0.2) is 0 Å². The monoisotopic (exact) mass is 530 g/mol. The second kappa shape index (κ2) is 9.02. The van der Waals surface area contributed by atoms with Gasteiger partial charge < -0.3 is 0 Å². The molecule has 2 rings (SSSR count). The molecule has 0 amide bonds. The van der Waals surface area contributed by atoms with Crippen molar-refractivity contribution < 1.29 is 0 Å². The van der Waals surface area contributed by atoms with Crippen molar-refractivity contribution in [3.63, 3.8) is 0 Å². The quantitative estimate of drug-likeness (QED) is 0.442. The molecule has 0 nitrogen and oxygen atoms in total. The Morgan fingerprint density at radius 2 is 0.909 bits per heavy atom. The molecule has 0 fully saturated rings. The summed E-state index contributed by atoms with van der Waals surface area (Å²) in [7, 11) is -6.61. The molecule has 0 aromatic heterocycles. The van der Waals surface area contributed by atoms with Gasteiger partial charge in [-0.05, 0) is 39.2 Å². The molecule has 0 N–H and O–H groups in total. The molecule has 0 aliphatic heterocycles. The van der Waals surface area contributed by atoms with E-state index in [1.54, 1.807) is 22.3 Å². The zero-order valence-corrected chi connectivity index (χ0v) is 30.7. The van der Waals surface area contributed by atoms with Crippen molar-refractivity contribution in [1.29, 1.82) is 0 Å². The van der Waals surface area contributed by atoms with E-state index in [1.165, 1.54) is 0 Å². The van der Waals surface area contributed by atoms with Gasteiger partial charge in [0, 0.05) is 0 Å². The number of benzene rings is 1. The minimum Gasteiger partial charge on any atom is -0.0728 e. The van der Waals surface area contributed by atoms with E-state index in [1.807, 2.05) is 31.1 Å². The lowest BCUT2D eigenvalue weighted by atomic mass is 10.1. The average Bonchev–Trinajstić information content (AvgIpc) is 2.74. The highest BCUT2D eigenvalue weighted by atomic mass is 28.3. The Bertz CT molecular complexity index is 1010. The second-order valence-corrected chi connectivity index (χ2v) is 36.8. The van der Waals surface area contributed by atoms with Crippen LogP contribution < -0.4 is 25.9 Å². The Morgan fingerprint density at radius 1 is 0.515 bits per heavy atom. The maximum absolute atomic E-state index is 2.65. The second-order valence-electron chi connectivity index (χ2n) is 15.0. The van der Waals surface area contributed by atoms with Gasteiger partial charge in [-0.1, -0.05) is 133 Å². The maximum atomic E-state index is 2.65. The van der Waals surface area contributed by atoms with E-state index in [2.05, 4.69) is 113 Å². The molecule has 0 heterocycles.